The van der Waals surface area contributed by atoms with Crippen LogP contribution in [-0.2, 0) is 4.79 Å². The van der Waals surface area contributed by atoms with Crippen molar-refractivity contribution in [1.29, 1.82) is 0 Å². The molecule has 0 radical (unpaired) electrons. The highest BCUT2D eigenvalue weighted by Crippen LogP contribution is 2.22. The van der Waals surface area contributed by atoms with Crippen LogP contribution in [0.3, 0.4) is 0 Å². The largest absolute Gasteiger partial charge is 0.493 e. The number of halogens is 1. The molecule has 3 nitrogen and oxygen atoms in total. The van der Waals surface area contributed by atoms with Crippen molar-refractivity contribution >= 4 is 27.5 Å². The third kappa shape index (κ3) is 4.33. The summed E-state index contributed by atoms with van der Waals surface area (Å²) in [5, 5.41) is 2.86. The first-order valence-electron chi connectivity index (χ1n) is 6.81. The number of ether oxygens (including phenoxy) is 1. The standard InChI is InChI=1S/C17H18BrNO2/c1-12-6-5-9-16(13(12)2)21-11-10-17(20)19-15-8-4-3-7-14(15)18/h3-9H,10-11H2,1-2H3,(H,19,20). The van der Waals surface area contributed by atoms with Crippen molar-refractivity contribution in [2.45, 2.75) is 20.3 Å². The lowest BCUT2D eigenvalue weighted by molar-refractivity contribution is -0.116. The van der Waals surface area contributed by atoms with E-state index in [9.17, 15) is 4.79 Å². The monoisotopic (exact) mass is 347 g/mol. The minimum absolute atomic E-state index is 0.0628. The fraction of sp³-hybridized carbons (Fsp3) is 0.235. The van der Waals surface area contributed by atoms with E-state index in [1.165, 1.54) is 5.56 Å². The summed E-state index contributed by atoms with van der Waals surface area (Å²) in [6.07, 6.45) is 0.314. The highest BCUT2D eigenvalue weighted by Gasteiger charge is 2.06. The number of carbonyl (C=O) groups excluding carboxylic acids is 1. The van der Waals surface area contributed by atoms with E-state index >= 15 is 0 Å². The Morgan fingerprint density at radius 2 is 1.90 bits per heavy atom. The fourth-order valence-corrected chi connectivity index (χ4v) is 2.29. The van der Waals surface area contributed by atoms with Gasteiger partial charge in [-0.1, -0.05) is 24.3 Å². The van der Waals surface area contributed by atoms with Gasteiger partial charge in [-0.05, 0) is 59.1 Å². The van der Waals surface area contributed by atoms with Crippen molar-refractivity contribution in [3.8, 4) is 5.75 Å². The number of hydrogen-bond donors (Lipinski definition) is 1. The quantitative estimate of drug-likeness (QED) is 0.866. The zero-order chi connectivity index (χ0) is 15.2. The van der Waals surface area contributed by atoms with Gasteiger partial charge in [0.2, 0.25) is 5.91 Å². The summed E-state index contributed by atoms with van der Waals surface area (Å²) >= 11 is 3.40. The van der Waals surface area contributed by atoms with E-state index in [0.717, 1.165) is 21.5 Å². The molecule has 2 aromatic carbocycles. The first kappa shape index (κ1) is 15.6. The van der Waals surface area contributed by atoms with Crippen LogP contribution in [0.15, 0.2) is 46.9 Å². The molecule has 4 heteroatoms. The Kier molecular flexibility index (Phi) is 5.39. The number of carbonyl (C=O) groups is 1. The van der Waals surface area contributed by atoms with Gasteiger partial charge in [0.25, 0.3) is 0 Å². The van der Waals surface area contributed by atoms with Gasteiger partial charge in [-0.25, -0.2) is 0 Å². The maximum Gasteiger partial charge on any atom is 0.227 e. The van der Waals surface area contributed by atoms with Crippen LogP contribution in [0.4, 0.5) is 5.69 Å². The molecule has 2 rings (SSSR count). The number of rotatable bonds is 5. The number of hydrogen-bond acceptors (Lipinski definition) is 2. The average molecular weight is 348 g/mol. The van der Waals surface area contributed by atoms with Gasteiger partial charge in [0.15, 0.2) is 0 Å². The second-order valence-corrected chi connectivity index (χ2v) is 5.68. The average Bonchev–Trinajstić information content (AvgIpc) is 2.46. The van der Waals surface area contributed by atoms with Gasteiger partial charge in [-0.15, -0.1) is 0 Å². The van der Waals surface area contributed by atoms with E-state index in [0.29, 0.717) is 13.0 Å². The van der Waals surface area contributed by atoms with E-state index in [4.69, 9.17) is 4.74 Å². The Hall–Kier alpha value is -1.81. The zero-order valence-corrected chi connectivity index (χ0v) is 13.7. The smallest absolute Gasteiger partial charge is 0.227 e. The predicted molar refractivity (Wildman–Crippen MR) is 88.8 cm³/mol. The molecule has 1 N–H and O–H groups in total. The lowest BCUT2D eigenvalue weighted by Gasteiger charge is -2.11. The van der Waals surface area contributed by atoms with Gasteiger partial charge >= 0.3 is 0 Å². The second-order valence-electron chi connectivity index (χ2n) is 4.82. The van der Waals surface area contributed by atoms with Gasteiger partial charge in [0.1, 0.15) is 5.75 Å². The van der Waals surface area contributed by atoms with E-state index < -0.39 is 0 Å². The number of para-hydroxylation sites is 1. The molecular formula is C17H18BrNO2. The first-order chi connectivity index (χ1) is 10.1. The van der Waals surface area contributed by atoms with Crippen LogP contribution in [-0.4, -0.2) is 12.5 Å². The highest BCUT2D eigenvalue weighted by atomic mass is 79.9. The second kappa shape index (κ2) is 7.27. The van der Waals surface area contributed by atoms with Gasteiger partial charge in [-0.2, -0.15) is 0 Å². The first-order valence-corrected chi connectivity index (χ1v) is 7.60. The van der Waals surface area contributed by atoms with Gasteiger partial charge in [0, 0.05) is 4.47 Å². The lowest BCUT2D eigenvalue weighted by atomic mass is 10.1. The molecule has 0 unspecified atom stereocenters. The highest BCUT2D eigenvalue weighted by molar-refractivity contribution is 9.10. The molecule has 2 aromatic rings. The molecule has 21 heavy (non-hydrogen) atoms. The van der Waals surface area contributed by atoms with E-state index in [1.54, 1.807) is 0 Å². The molecule has 0 spiro atoms. The van der Waals surface area contributed by atoms with Crippen LogP contribution in [0.2, 0.25) is 0 Å². The minimum atomic E-state index is -0.0628. The summed E-state index contributed by atoms with van der Waals surface area (Å²) in [4.78, 5) is 11.9. The number of benzene rings is 2. The number of anilines is 1. The van der Waals surface area contributed by atoms with Crippen molar-refractivity contribution in [3.05, 3.63) is 58.1 Å². The maximum atomic E-state index is 11.9. The van der Waals surface area contributed by atoms with Crippen molar-refractivity contribution in [1.82, 2.24) is 0 Å². The molecule has 1 amide bonds. The molecule has 0 aliphatic carbocycles. The van der Waals surface area contributed by atoms with Gasteiger partial charge in [-0.3, -0.25) is 4.79 Å². The van der Waals surface area contributed by atoms with Crippen molar-refractivity contribution < 1.29 is 9.53 Å². The molecule has 110 valence electrons. The van der Waals surface area contributed by atoms with Crippen LogP contribution in [0.5, 0.6) is 5.75 Å². The lowest BCUT2D eigenvalue weighted by Crippen LogP contribution is -2.15. The molecular weight excluding hydrogens is 330 g/mol. The zero-order valence-electron chi connectivity index (χ0n) is 12.2. The molecule has 0 atom stereocenters. The number of aryl methyl sites for hydroxylation is 1. The summed E-state index contributed by atoms with van der Waals surface area (Å²) in [5.41, 5.74) is 3.07. The Labute approximate surface area is 133 Å². The number of amides is 1. The Balaban J connectivity index is 1.85. The summed E-state index contributed by atoms with van der Waals surface area (Å²) in [5.74, 6) is 0.774. The van der Waals surface area contributed by atoms with Crippen molar-refractivity contribution in [2.24, 2.45) is 0 Å². The SMILES string of the molecule is Cc1cccc(OCCC(=O)Nc2ccccc2Br)c1C. The van der Waals surface area contributed by atoms with Gasteiger partial charge < -0.3 is 10.1 Å². The minimum Gasteiger partial charge on any atom is -0.493 e. The van der Waals surface area contributed by atoms with Crippen LogP contribution in [0.1, 0.15) is 17.5 Å². The third-order valence-corrected chi connectivity index (χ3v) is 3.98. The predicted octanol–water partition coefficient (Wildman–Crippen LogP) is 4.47. The fourth-order valence-electron chi connectivity index (χ4n) is 1.91. The topological polar surface area (TPSA) is 38.3 Å². The molecule has 0 aromatic heterocycles. The third-order valence-electron chi connectivity index (χ3n) is 3.29. The summed E-state index contributed by atoms with van der Waals surface area (Å²) in [6.45, 7) is 4.42. The molecule has 0 fully saturated rings. The van der Waals surface area contributed by atoms with Crippen LogP contribution >= 0.6 is 15.9 Å². The van der Waals surface area contributed by atoms with Crippen molar-refractivity contribution in [3.63, 3.8) is 0 Å². The normalized spacial score (nSPS) is 10.2. The Bertz CT molecular complexity index is 640. The van der Waals surface area contributed by atoms with E-state index in [-0.39, 0.29) is 5.91 Å². The van der Waals surface area contributed by atoms with Crippen molar-refractivity contribution in [2.75, 3.05) is 11.9 Å². The maximum absolute atomic E-state index is 11.9. The van der Waals surface area contributed by atoms with Crippen LogP contribution in [0.25, 0.3) is 0 Å². The van der Waals surface area contributed by atoms with Crippen LogP contribution in [0, 0.1) is 13.8 Å². The summed E-state index contributed by atoms with van der Waals surface area (Å²) in [7, 11) is 0. The Morgan fingerprint density at radius 1 is 1.14 bits per heavy atom. The van der Waals surface area contributed by atoms with Gasteiger partial charge in [0.05, 0.1) is 18.7 Å². The molecule has 0 saturated heterocycles. The number of nitrogens with one attached hydrogen (secondary N) is 1. The Morgan fingerprint density at radius 3 is 2.67 bits per heavy atom. The van der Waals surface area contributed by atoms with Crippen LogP contribution < -0.4 is 10.1 Å². The summed E-state index contributed by atoms with van der Waals surface area (Å²) in [6, 6.07) is 13.5. The molecule has 0 aliphatic heterocycles. The molecule has 0 bridgehead atoms. The molecule has 0 heterocycles. The van der Waals surface area contributed by atoms with E-state index in [1.807, 2.05) is 56.3 Å². The van der Waals surface area contributed by atoms with E-state index in [2.05, 4.69) is 21.2 Å². The molecule has 0 aliphatic rings. The molecule has 0 saturated carbocycles. The summed E-state index contributed by atoms with van der Waals surface area (Å²) < 4.78 is 6.55.